The molecular weight excluding hydrogens is 653 g/mol. The van der Waals surface area contributed by atoms with Gasteiger partial charge in [0, 0.05) is 5.41 Å². The Labute approximate surface area is 278 Å². The fourth-order valence-corrected chi connectivity index (χ4v) is 9.25. The second kappa shape index (κ2) is 12.4. The first-order chi connectivity index (χ1) is 23.4. The highest BCUT2D eigenvalue weighted by atomic mass is 19.2. The Balaban J connectivity index is 1.57. The predicted molar refractivity (Wildman–Crippen MR) is 170 cm³/mol. The van der Waals surface area contributed by atoms with Crippen molar-refractivity contribution in [2.24, 2.45) is 11.8 Å². The molecule has 258 valence electrons. The van der Waals surface area contributed by atoms with Gasteiger partial charge in [-0.05, 0) is 73.6 Å². The molecule has 2 saturated carbocycles. The number of para-hydroxylation sites is 2. The summed E-state index contributed by atoms with van der Waals surface area (Å²) in [7, 11) is 0. The largest absolute Gasteiger partial charge is 0.304 e. The Morgan fingerprint density at radius 1 is 0.449 bits per heavy atom. The lowest BCUT2D eigenvalue weighted by atomic mass is 9.51. The van der Waals surface area contributed by atoms with Gasteiger partial charge in [0.1, 0.15) is 5.69 Å². The topological polar surface area (TPSA) is 3.24 Å². The predicted octanol–water partition coefficient (Wildman–Crippen LogP) is 12.5. The van der Waals surface area contributed by atoms with Gasteiger partial charge in [-0.2, -0.15) is 0 Å². The zero-order valence-corrected chi connectivity index (χ0v) is 27.0. The van der Waals surface area contributed by atoms with Crippen molar-refractivity contribution in [3.63, 3.8) is 0 Å². The second-order valence-corrected chi connectivity index (χ2v) is 13.7. The third-order valence-electron chi connectivity index (χ3n) is 11.2. The van der Waals surface area contributed by atoms with E-state index in [0.29, 0.717) is 22.5 Å². The third kappa shape index (κ3) is 4.75. The van der Waals surface area contributed by atoms with Crippen LogP contribution in [0.5, 0.6) is 0 Å². The zero-order chi connectivity index (χ0) is 34.9. The SMILES string of the molecule is Cc1cccc2c1N(c1c(F)c(F)c(-c3c(F)c(F)c(F)c(F)c3F)c(F)c1F)c1c(C)cccc1C2(C1CCCCC1)C1CCCCC1. The number of fused-ring (bicyclic) bond motifs is 2. The van der Waals surface area contributed by atoms with E-state index in [1.54, 1.807) is 26.0 Å². The summed E-state index contributed by atoms with van der Waals surface area (Å²) in [6, 6.07) is 11.1. The van der Waals surface area contributed by atoms with Gasteiger partial charge in [0.25, 0.3) is 0 Å². The van der Waals surface area contributed by atoms with Gasteiger partial charge in [-0.3, -0.25) is 0 Å². The molecule has 4 aromatic carbocycles. The molecule has 7 rings (SSSR count). The molecule has 1 aliphatic heterocycles. The normalized spacial score (nSPS) is 18.1. The van der Waals surface area contributed by atoms with Crippen molar-refractivity contribution in [1.82, 2.24) is 0 Å². The zero-order valence-electron chi connectivity index (χ0n) is 27.0. The quantitative estimate of drug-likeness (QED) is 0.117. The molecule has 0 atom stereocenters. The van der Waals surface area contributed by atoms with Gasteiger partial charge in [-0.15, -0.1) is 0 Å². The molecule has 49 heavy (non-hydrogen) atoms. The molecule has 0 unspecified atom stereocenters. The number of hydrogen-bond donors (Lipinski definition) is 0. The van der Waals surface area contributed by atoms with Crippen molar-refractivity contribution in [2.75, 3.05) is 4.90 Å². The van der Waals surface area contributed by atoms with Crippen LogP contribution in [0.1, 0.15) is 86.5 Å². The maximum absolute atomic E-state index is 16.5. The van der Waals surface area contributed by atoms with Crippen molar-refractivity contribution in [1.29, 1.82) is 0 Å². The Morgan fingerprint density at radius 3 is 1.18 bits per heavy atom. The highest BCUT2D eigenvalue weighted by molar-refractivity contribution is 5.90. The summed E-state index contributed by atoms with van der Waals surface area (Å²) < 4.78 is 137. The van der Waals surface area contributed by atoms with E-state index >= 15 is 17.6 Å². The van der Waals surface area contributed by atoms with Gasteiger partial charge >= 0.3 is 0 Å². The molecule has 0 aromatic heterocycles. The molecule has 0 amide bonds. The van der Waals surface area contributed by atoms with E-state index in [1.807, 2.05) is 24.3 Å². The Hall–Kier alpha value is -3.95. The van der Waals surface area contributed by atoms with Crippen molar-refractivity contribution >= 4 is 17.1 Å². The van der Waals surface area contributed by atoms with Crippen LogP contribution in [0.2, 0.25) is 0 Å². The summed E-state index contributed by atoms with van der Waals surface area (Å²) in [5.41, 5.74) is -2.48. The van der Waals surface area contributed by atoms with Crippen LogP contribution in [0.3, 0.4) is 0 Å². The lowest BCUT2D eigenvalue weighted by molar-refractivity contribution is 0.133. The number of benzene rings is 4. The molecule has 0 N–H and O–H groups in total. The number of hydrogen-bond acceptors (Lipinski definition) is 1. The number of aryl methyl sites for hydroxylation is 2. The number of halogens is 9. The van der Waals surface area contributed by atoms with Crippen LogP contribution in [-0.2, 0) is 5.41 Å². The summed E-state index contributed by atoms with van der Waals surface area (Å²) in [5.74, 6) is -21.2. The molecular formula is C39H34F9N. The van der Waals surface area contributed by atoms with E-state index < -0.39 is 74.6 Å². The minimum Gasteiger partial charge on any atom is -0.304 e. The summed E-state index contributed by atoms with van der Waals surface area (Å²) in [5, 5.41) is 0. The Morgan fingerprint density at radius 2 is 0.796 bits per heavy atom. The highest BCUT2D eigenvalue weighted by Crippen LogP contribution is 2.64. The van der Waals surface area contributed by atoms with E-state index in [2.05, 4.69) is 0 Å². The summed E-state index contributed by atoms with van der Waals surface area (Å²) in [6.07, 6.45) is 9.98. The molecule has 2 fully saturated rings. The van der Waals surface area contributed by atoms with Crippen molar-refractivity contribution in [3.8, 4) is 11.1 Å². The number of anilines is 3. The van der Waals surface area contributed by atoms with E-state index in [1.165, 1.54) is 0 Å². The second-order valence-electron chi connectivity index (χ2n) is 13.7. The van der Waals surface area contributed by atoms with E-state index in [-0.39, 0.29) is 11.8 Å². The summed E-state index contributed by atoms with van der Waals surface area (Å²) in [6.45, 7) is 3.49. The fraction of sp³-hybridized carbons (Fsp3) is 0.385. The van der Waals surface area contributed by atoms with Crippen molar-refractivity contribution in [3.05, 3.63) is 111 Å². The van der Waals surface area contributed by atoms with Gasteiger partial charge in [0.15, 0.2) is 46.5 Å². The fourth-order valence-electron chi connectivity index (χ4n) is 9.25. The van der Waals surface area contributed by atoms with Gasteiger partial charge < -0.3 is 4.90 Å². The molecule has 1 heterocycles. The lowest BCUT2D eigenvalue weighted by Gasteiger charge is -2.55. The smallest absolute Gasteiger partial charge is 0.200 e. The van der Waals surface area contributed by atoms with Gasteiger partial charge in [-0.1, -0.05) is 74.9 Å². The first-order valence-electron chi connectivity index (χ1n) is 16.8. The van der Waals surface area contributed by atoms with Crippen LogP contribution in [-0.4, -0.2) is 0 Å². The lowest BCUT2D eigenvalue weighted by Crippen LogP contribution is -2.49. The van der Waals surface area contributed by atoms with E-state index in [9.17, 15) is 22.0 Å². The molecule has 0 spiro atoms. The van der Waals surface area contributed by atoms with Gasteiger partial charge in [-0.25, -0.2) is 39.5 Å². The molecule has 0 bridgehead atoms. The molecule has 4 aromatic rings. The monoisotopic (exact) mass is 687 g/mol. The first kappa shape index (κ1) is 33.5. The van der Waals surface area contributed by atoms with Crippen LogP contribution in [0.15, 0.2) is 36.4 Å². The van der Waals surface area contributed by atoms with E-state index in [4.69, 9.17) is 0 Å². The Kier molecular flexibility index (Phi) is 8.51. The molecule has 10 heteroatoms. The van der Waals surface area contributed by atoms with Crippen LogP contribution < -0.4 is 4.90 Å². The number of rotatable bonds is 4. The average molecular weight is 688 g/mol. The van der Waals surface area contributed by atoms with Crippen LogP contribution in [0.25, 0.3) is 11.1 Å². The van der Waals surface area contributed by atoms with Gasteiger partial charge in [0.05, 0.1) is 22.5 Å². The van der Waals surface area contributed by atoms with Crippen LogP contribution in [0.4, 0.5) is 56.6 Å². The summed E-state index contributed by atoms with van der Waals surface area (Å²) in [4.78, 5) is 1.15. The average Bonchev–Trinajstić information content (AvgIpc) is 3.11. The maximum Gasteiger partial charge on any atom is 0.200 e. The molecule has 1 nitrogen and oxygen atoms in total. The standard InChI is InChI=1S/C39H34F9N/c1-19-11-9-17-23-36(19)49(38-34(47)29(42)26(30(43)35(38)48)25-27(40)31(44)33(46)32(45)28(25)41)37-20(2)12-10-18-24(37)39(23,21-13-5-3-6-14-21)22-15-7-4-8-16-22/h9-12,17-18,21-22H,3-8,13-16H2,1-2H3. The van der Waals surface area contributed by atoms with E-state index in [0.717, 1.165) is 80.2 Å². The first-order valence-corrected chi connectivity index (χ1v) is 16.8. The maximum atomic E-state index is 16.5. The van der Waals surface area contributed by atoms with Crippen LogP contribution in [0, 0.1) is 78.0 Å². The highest BCUT2D eigenvalue weighted by Gasteiger charge is 2.54. The Bertz CT molecular complexity index is 1840. The van der Waals surface area contributed by atoms with Crippen LogP contribution >= 0.6 is 0 Å². The molecule has 0 saturated heterocycles. The minimum absolute atomic E-state index is 0.173. The molecule has 0 radical (unpaired) electrons. The minimum atomic E-state index is -2.59. The summed E-state index contributed by atoms with van der Waals surface area (Å²) >= 11 is 0. The third-order valence-corrected chi connectivity index (χ3v) is 11.2. The number of nitrogens with zero attached hydrogens (tertiary/aromatic N) is 1. The van der Waals surface area contributed by atoms with Crippen molar-refractivity contribution in [2.45, 2.75) is 83.5 Å². The van der Waals surface area contributed by atoms with Gasteiger partial charge in [0.2, 0.25) is 5.82 Å². The molecule has 3 aliphatic rings. The molecule has 2 aliphatic carbocycles. The van der Waals surface area contributed by atoms with Crippen molar-refractivity contribution < 1.29 is 39.5 Å².